The first-order valence-corrected chi connectivity index (χ1v) is 8.50. The number of hydrogen-bond donors (Lipinski definition) is 2. The van der Waals surface area contributed by atoms with Gasteiger partial charge in [-0.25, -0.2) is 8.78 Å². The molecule has 0 aromatic heterocycles. The van der Waals surface area contributed by atoms with Gasteiger partial charge >= 0.3 is 5.92 Å². The van der Waals surface area contributed by atoms with Gasteiger partial charge in [0.05, 0.1) is 0 Å². The maximum absolute atomic E-state index is 13.6. The Hall–Kier alpha value is -2.44. The summed E-state index contributed by atoms with van der Waals surface area (Å²) >= 11 is 0. The molecular weight excluding hydrogens is 354 g/mol. The predicted octanol–water partition coefficient (Wildman–Crippen LogP) is 3.67. The van der Waals surface area contributed by atoms with Gasteiger partial charge in [0, 0.05) is 23.6 Å². The van der Waals surface area contributed by atoms with E-state index in [4.69, 9.17) is 0 Å². The molecule has 0 bridgehead atoms. The Kier molecular flexibility index (Phi) is 5.92. The molecule has 27 heavy (non-hydrogen) atoms. The SMILES string of the molecule is CC(=O)c1cccc(CCc2ccc(C(O)(O)C(C)(F)F)c(C(C)=O)c2)c1. The fraction of sp³-hybridized carbons (Fsp3) is 0.333. The van der Waals surface area contributed by atoms with Gasteiger partial charge in [-0.2, -0.15) is 0 Å². The number of carbonyl (C=O) groups excluding carboxylic acids is 2. The first-order valence-electron chi connectivity index (χ1n) is 8.50. The first-order chi connectivity index (χ1) is 12.4. The van der Waals surface area contributed by atoms with Crippen LogP contribution in [0.2, 0.25) is 0 Å². The molecule has 0 saturated heterocycles. The van der Waals surface area contributed by atoms with Gasteiger partial charge in [-0.3, -0.25) is 9.59 Å². The highest BCUT2D eigenvalue weighted by Gasteiger charge is 2.50. The second kappa shape index (κ2) is 7.66. The summed E-state index contributed by atoms with van der Waals surface area (Å²) < 4.78 is 27.1. The van der Waals surface area contributed by atoms with Crippen LogP contribution in [-0.4, -0.2) is 27.7 Å². The zero-order valence-corrected chi connectivity index (χ0v) is 15.4. The van der Waals surface area contributed by atoms with Crippen LogP contribution in [0.1, 0.15) is 58.2 Å². The summed E-state index contributed by atoms with van der Waals surface area (Å²) in [6, 6.07) is 11.2. The lowest BCUT2D eigenvalue weighted by Gasteiger charge is -2.30. The van der Waals surface area contributed by atoms with E-state index in [2.05, 4.69) is 0 Å². The molecule has 0 spiro atoms. The Labute approximate surface area is 156 Å². The third-order valence-corrected chi connectivity index (χ3v) is 4.49. The van der Waals surface area contributed by atoms with Crippen LogP contribution in [0.15, 0.2) is 42.5 Å². The molecule has 0 fully saturated rings. The molecule has 2 aromatic carbocycles. The van der Waals surface area contributed by atoms with E-state index >= 15 is 0 Å². The minimum atomic E-state index is -3.84. The highest BCUT2D eigenvalue weighted by atomic mass is 19.3. The van der Waals surface area contributed by atoms with Crippen molar-refractivity contribution in [2.24, 2.45) is 0 Å². The number of Topliss-reactive ketones (excluding diaryl/α,β-unsaturated/α-hetero) is 2. The van der Waals surface area contributed by atoms with Gasteiger partial charge in [0.1, 0.15) is 0 Å². The van der Waals surface area contributed by atoms with E-state index in [0.29, 0.717) is 30.9 Å². The maximum Gasteiger partial charge on any atom is 0.302 e. The summed E-state index contributed by atoms with van der Waals surface area (Å²) in [5, 5.41) is 19.7. The standard InChI is InChI=1S/C21H22F2O4/c1-13(24)17-6-4-5-15(11-17)7-8-16-9-10-19(18(12-16)14(2)25)21(26,27)20(3,22)23/h4-6,9-12,26-27H,7-8H2,1-3H3. The molecule has 2 aromatic rings. The van der Waals surface area contributed by atoms with Crippen LogP contribution in [0.4, 0.5) is 8.78 Å². The molecule has 0 aliphatic carbocycles. The largest absolute Gasteiger partial charge is 0.357 e. The number of halogens is 2. The van der Waals surface area contributed by atoms with Gasteiger partial charge in [-0.1, -0.05) is 30.3 Å². The molecule has 0 aliphatic heterocycles. The smallest absolute Gasteiger partial charge is 0.302 e. The fourth-order valence-corrected chi connectivity index (χ4v) is 2.81. The van der Waals surface area contributed by atoms with Crippen molar-refractivity contribution in [3.05, 3.63) is 70.3 Å². The Bertz CT molecular complexity index is 867. The lowest BCUT2D eigenvalue weighted by molar-refractivity contribution is -0.297. The summed E-state index contributed by atoms with van der Waals surface area (Å²) in [6.45, 7) is 3.05. The summed E-state index contributed by atoms with van der Waals surface area (Å²) in [6.07, 6.45) is 1.07. The van der Waals surface area contributed by atoms with E-state index in [1.54, 1.807) is 18.2 Å². The summed E-state index contributed by atoms with van der Waals surface area (Å²) in [4.78, 5) is 23.3. The molecule has 0 saturated carbocycles. The number of hydrogen-bond acceptors (Lipinski definition) is 4. The number of aryl methyl sites for hydroxylation is 2. The summed E-state index contributed by atoms with van der Waals surface area (Å²) in [5.74, 6) is -7.86. The van der Waals surface area contributed by atoms with Crippen LogP contribution < -0.4 is 0 Å². The quantitative estimate of drug-likeness (QED) is 0.571. The predicted molar refractivity (Wildman–Crippen MR) is 97.0 cm³/mol. The van der Waals surface area contributed by atoms with Crippen LogP contribution in [-0.2, 0) is 18.6 Å². The number of alkyl halides is 2. The van der Waals surface area contributed by atoms with E-state index in [-0.39, 0.29) is 11.3 Å². The first kappa shape index (κ1) is 20.9. The number of rotatable bonds is 7. The topological polar surface area (TPSA) is 74.6 Å². The second-order valence-electron chi connectivity index (χ2n) is 6.75. The zero-order valence-electron chi connectivity index (χ0n) is 15.4. The molecule has 0 heterocycles. The molecule has 0 amide bonds. The Morgan fingerprint density at radius 3 is 2.04 bits per heavy atom. The average molecular weight is 376 g/mol. The highest BCUT2D eigenvalue weighted by molar-refractivity contribution is 5.96. The van der Waals surface area contributed by atoms with Crippen molar-refractivity contribution in [3.8, 4) is 0 Å². The van der Waals surface area contributed by atoms with Crippen molar-refractivity contribution in [1.82, 2.24) is 0 Å². The number of benzene rings is 2. The molecular formula is C21H22F2O4. The van der Waals surface area contributed by atoms with E-state index < -0.39 is 23.1 Å². The Morgan fingerprint density at radius 1 is 0.926 bits per heavy atom. The maximum atomic E-state index is 13.6. The van der Waals surface area contributed by atoms with Crippen LogP contribution in [0.25, 0.3) is 0 Å². The van der Waals surface area contributed by atoms with Gasteiger partial charge in [0.15, 0.2) is 11.6 Å². The monoisotopic (exact) mass is 376 g/mol. The number of ketones is 2. The van der Waals surface area contributed by atoms with Gasteiger partial charge in [-0.05, 0) is 49.9 Å². The molecule has 4 nitrogen and oxygen atoms in total. The molecule has 0 atom stereocenters. The van der Waals surface area contributed by atoms with Gasteiger partial charge < -0.3 is 10.2 Å². The van der Waals surface area contributed by atoms with E-state index in [9.17, 15) is 28.6 Å². The molecule has 2 rings (SSSR count). The third kappa shape index (κ3) is 4.64. The van der Waals surface area contributed by atoms with Crippen LogP contribution in [0, 0.1) is 0 Å². The van der Waals surface area contributed by atoms with Crippen molar-refractivity contribution in [3.63, 3.8) is 0 Å². The third-order valence-electron chi connectivity index (χ3n) is 4.49. The van der Waals surface area contributed by atoms with Crippen molar-refractivity contribution in [2.45, 2.75) is 45.3 Å². The highest BCUT2D eigenvalue weighted by Crippen LogP contribution is 2.37. The van der Waals surface area contributed by atoms with Crippen LogP contribution >= 0.6 is 0 Å². The van der Waals surface area contributed by atoms with Crippen molar-refractivity contribution in [2.75, 3.05) is 0 Å². The molecule has 0 unspecified atom stereocenters. The summed E-state index contributed by atoms with van der Waals surface area (Å²) in [7, 11) is 0. The Morgan fingerprint density at radius 2 is 1.52 bits per heavy atom. The molecule has 0 radical (unpaired) electrons. The normalized spacial score (nSPS) is 12.1. The molecule has 144 valence electrons. The van der Waals surface area contributed by atoms with E-state index in [0.717, 1.165) is 11.6 Å². The fourth-order valence-electron chi connectivity index (χ4n) is 2.81. The van der Waals surface area contributed by atoms with Crippen LogP contribution in [0.3, 0.4) is 0 Å². The van der Waals surface area contributed by atoms with E-state index in [1.165, 1.54) is 26.0 Å². The van der Waals surface area contributed by atoms with Crippen molar-refractivity contribution >= 4 is 11.6 Å². The molecule has 2 N–H and O–H groups in total. The minimum absolute atomic E-state index is 0.0391. The summed E-state index contributed by atoms with van der Waals surface area (Å²) in [5.41, 5.74) is 1.53. The lowest BCUT2D eigenvalue weighted by Crippen LogP contribution is -2.44. The average Bonchev–Trinajstić information content (AvgIpc) is 2.58. The van der Waals surface area contributed by atoms with E-state index in [1.807, 2.05) is 6.07 Å². The number of carbonyl (C=O) groups is 2. The minimum Gasteiger partial charge on any atom is -0.357 e. The zero-order chi connectivity index (χ0) is 20.4. The number of aliphatic hydroxyl groups is 2. The second-order valence-corrected chi connectivity index (χ2v) is 6.75. The lowest BCUT2D eigenvalue weighted by atomic mass is 9.90. The van der Waals surface area contributed by atoms with Crippen LogP contribution in [0.5, 0.6) is 0 Å². The molecule has 6 heteroatoms. The van der Waals surface area contributed by atoms with Crippen molar-refractivity contribution < 1.29 is 28.6 Å². The van der Waals surface area contributed by atoms with Crippen molar-refractivity contribution in [1.29, 1.82) is 0 Å². The molecule has 0 aliphatic rings. The Balaban J connectivity index is 2.30. The van der Waals surface area contributed by atoms with Gasteiger partial charge in [0.25, 0.3) is 5.79 Å². The van der Waals surface area contributed by atoms with Gasteiger partial charge in [0.2, 0.25) is 0 Å². The van der Waals surface area contributed by atoms with Gasteiger partial charge in [-0.15, -0.1) is 0 Å².